The number of hydrogen-bond donors (Lipinski definition) is 2. The lowest BCUT2D eigenvalue weighted by atomic mass is 10.1. The van der Waals surface area contributed by atoms with Crippen molar-refractivity contribution in [2.45, 2.75) is 32.5 Å². The molecule has 12 heteroatoms. The fraction of sp³-hybridized carbons (Fsp3) is 0.375. The molecular weight excluding hydrogens is 388 g/mol. The van der Waals surface area contributed by atoms with Gasteiger partial charge >= 0.3 is 5.97 Å². The number of thioether (sulfide) groups is 1. The van der Waals surface area contributed by atoms with Gasteiger partial charge in [-0.15, -0.1) is 10.2 Å². The van der Waals surface area contributed by atoms with Crippen LogP contribution in [-0.4, -0.2) is 44.8 Å². The first-order valence-corrected chi connectivity index (χ1v) is 9.08. The van der Waals surface area contributed by atoms with Gasteiger partial charge in [-0.25, -0.2) is 4.79 Å². The van der Waals surface area contributed by atoms with E-state index >= 15 is 0 Å². The highest BCUT2D eigenvalue weighted by Gasteiger charge is 2.29. The summed E-state index contributed by atoms with van der Waals surface area (Å²) in [6, 6.07) is 1.94. The van der Waals surface area contributed by atoms with E-state index < -0.39 is 17.7 Å². The van der Waals surface area contributed by atoms with Crippen molar-refractivity contribution < 1.29 is 23.5 Å². The van der Waals surface area contributed by atoms with Gasteiger partial charge in [0.2, 0.25) is 17.7 Å². The van der Waals surface area contributed by atoms with Gasteiger partial charge in [0.15, 0.2) is 10.9 Å². The Labute approximate surface area is 164 Å². The van der Waals surface area contributed by atoms with Crippen molar-refractivity contribution >= 4 is 41.3 Å². The average Bonchev–Trinajstić information content (AvgIpc) is 3.13. The van der Waals surface area contributed by atoms with Gasteiger partial charge in [-0.2, -0.15) is 5.26 Å². The molecule has 148 valence electrons. The smallest absolute Gasteiger partial charge is 0.344 e. The highest BCUT2D eigenvalue weighted by Crippen LogP contribution is 2.29. The zero-order valence-electron chi connectivity index (χ0n) is 15.4. The monoisotopic (exact) mass is 406 g/mol. The van der Waals surface area contributed by atoms with E-state index in [-0.39, 0.29) is 47.6 Å². The minimum Gasteiger partial charge on any atom is -0.462 e. The fourth-order valence-electron chi connectivity index (χ4n) is 2.42. The van der Waals surface area contributed by atoms with E-state index in [1.54, 1.807) is 6.92 Å². The molecule has 0 bridgehead atoms. The van der Waals surface area contributed by atoms with Crippen LogP contribution in [0.1, 0.15) is 40.3 Å². The summed E-state index contributed by atoms with van der Waals surface area (Å²) < 4.78 is 11.7. The summed E-state index contributed by atoms with van der Waals surface area (Å²) >= 11 is 1.07. The van der Waals surface area contributed by atoms with E-state index in [9.17, 15) is 14.4 Å². The lowest BCUT2D eigenvalue weighted by Gasteiger charge is -2.08. The molecule has 0 spiro atoms. The number of aryl methyl sites for hydroxylation is 1. The Morgan fingerprint density at radius 1 is 1.36 bits per heavy atom. The Balaban J connectivity index is 2.29. The number of carbonyl (C=O) groups is 3. The number of nitrogens with one attached hydrogen (secondary N) is 1. The average molecular weight is 406 g/mol. The van der Waals surface area contributed by atoms with Crippen molar-refractivity contribution in [3.05, 3.63) is 16.9 Å². The van der Waals surface area contributed by atoms with Crippen LogP contribution in [0.4, 0.5) is 11.8 Å². The van der Waals surface area contributed by atoms with Crippen molar-refractivity contribution in [3.63, 3.8) is 0 Å². The molecule has 2 aromatic heterocycles. The van der Waals surface area contributed by atoms with Crippen LogP contribution in [0.2, 0.25) is 0 Å². The SMILES string of the molecule is CCOC(=O)c1c(NC(=O)Cn2c(N)nnc2SCC#N)oc(C)c1C(C)=O. The van der Waals surface area contributed by atoms with Crippen LogP contribution in [0.25, 0.3) is 0 Å². The first kappa shape index (κ1) is 21.0. The largest absolute Gasteiger partial charge is 0.462 e. The Morgan fingerprint density at radius 3 is 2.68 bits per heavy atom. The molecule has 0 saturated heterocycles. The Hall–Kier alpha value is -3.33. The number of anilines is 2. The Morgan fingerprint density at radius 2 is 2.07 bits per heavy atom. The molecule has 0 aliphatic carbocycles. The van der Waals surface area contributed by atoms with E-state index in [2.05, 4.69) is 15.5 Å². The molecule has 3 N–H and O–H groups in total. The zero-order valence-corrected chi connectivity index (χ0v) is 16.3. The minimum absolute atomic E-state index is 0.0127. The van der Waals surface area contributed by atoms with Crippen molar-refractivity contribution in [2.24, 2.45) is 0 Å². The van der Waals surface area contributed by atoms with Gasteiger partial charge < -0.3 is 14.9 Å². The van der Waals surface area contributed by atoms with E-state index in [0.29, 0.717) is 5.16 Å². The molecule has 0 saturated carbocycles. The number of esters is 1. The summed E-state index contributed by atoms with van der Waals surface area (Å²) in [6.07, 6.45) is 0. The second-order valence-electron chi connectivity index (χ2n) is 5.44. The van der Waals surface area contributed by atoms with Crippen molar-refractivity contribution in [3.8, 4) is 6.07 Å². The third-order valence-electron chi connectivity index (χ3n) is 3.48. The predicted octanol–water partition coefficient (Wildman–Crippen LogP) is 1.40. The minimum atomic E-state index is -0.783. The number of aromatic nitrogens is 3. The molecule has 2 aromatic rings. The first-order chi connectivity index (χ1) is 13.3. The van der Waals surface area contributed by atoms with Crippen LogP contribution in [0.5, 0.6) is 0 Å². The molecule has 0 radical (unpaired) electrons. The Kier molecular flexibility index (Phi) is 6.78. The molecule has 11 nitrogen and oxygen atoms in total. The maximum atomic E-state index is 12.5. The third-order valence-corrected chi connectivity index (χ3v) is 4.32. The second-order valence-corrected chi connectivity index (χ2v) is 6.38. The molecule has 0 aliphatic rings. The highest BCUT2D eigenvalue weighted by molar-refractivity contribution is 7.99. The Bertz CT molecular complexity index is 958. The lowest BCUT2D eigenvalue weighted by Crippen LogP contribution is -2.22. The number of hydrogen-bond acceptors (Lipinski definition) is 10. The normalized spacial score (nSPS) is 10.4. The van der Waals surface area contributed by atoms with Gasteiger partial charge in [0, 0.05) is 0 Å². The number of ether oxygens (including phenoxy) is 1. The van der Waals surface area contributed by atoms with Gasteiger partial charge in [0.05, 0.1) is 24.0 Å². The summed E-state index contributed by atoms with van der Waals surface area (Å²) in [7, 11) is 0. The topological polar surface area (TPSA) is 166 Å². The number of nitrogen functional groups attached to an aromatic ring is 1. The number of nitrogens with zero attached hydrogens (tertiary/aromatic N) is 4. The maximum Gasteiger partial charge on any atom is 0.344 e. The highest BCUT2D eigenvalue weighted by atomic mass is 32.2. The first-order valence-electron chi connectivity index (χ1n) is 8.09. The van der Waals surface area contributed by atoms with Gasteiger partial charge in [-0.3, -0.25) is 19.5 Å². The molecule has 2 heterocycles. The molecule has 1 amide bonds. The summed E-state index contributed by atoms with van der Waals surface area (Å²) in [5.41, 5.74) is 5.61. The summed E-state index contributed by atoms with van der Waals surface area (Å²) in [6.45, 7) is 4.20. The summed E-state index contributed by atoms with van der Waals surface area (Å²) in [4.78, 5) is 36.6. The number of rotatable bonds is 8. The molecule has 2 rings (SSSR count). The number of furan rings is 1. The molecule has 28 heavy (non-hydrogen) atoms. The van der Waals surface area contributed by atoms with E-state index in [0.717, 1.165) is 11.8 Å². The van der Waals surface area contributed by atoms with Crippen LogP contribution in [-0.2, 0) is 16.1 Å². The number of Topliss-reactive ketones (excluding diaryl/α,β-unsaturated/α-hetero) is 1. The third kappa shape index (κ3) is 4.49. The number of carbonyl (C=O) groups excluding carboxylic acids is 3. The second kappa shape index (κ2) is 9.05. The molecule has 0 aromatic carbocycles. The van der Waals surface area contributed by atoms with Crippen LogP contribution in [0.3, 0.4) is 0 Å². The molecule has 0 atom stereocenters. The van der Waals surface area contributed by atoms with Gasteiger partial charge in [0.1, 0.15) is 17.9 Å². The molecule has 0 fully saturated rings. The van der Waals surface area contributed by atoms with Gasteiger partial charge in [-0.05, 0) is 20.8 Å². The van der Waals surface area contributed by atoms with Crippen LogP contribution in [0.15, 0.2) is 9.57 Å². The van der Waals surface area contributed by atoms with Crippen molar-refractivity contribution in [1.82, 2.24) is 14.8 Å². The van der Waals surface area contributed by atoms with Crippen LogP contribution in [0, 0.1) is 18.3 Å². The lowest BCUT2D eigenvalue weighted by molar-refractivity contribution is -0.116. The van der Waals surface area contributed by atoms with Crippen LogP contribution < -0.4 is 11.1 Å². The quantitative estimate of drug-likeness (QED) is 0.371. The number of ketones is 1. The van der Waals surface area contributed by atoms with E-state index in [1.165, 1.54) is 18.4 Å². The number of amides is 1. The number of nitriles is 1. The molecule has 0 unspecified atom stereocenters. The molecular formula is C16H18N6O5S. The van der Waals surface area contributed by atoms with Gasteiger partial charge in [0.25, 0.3) is 0 Å². The number of nitrogens with two attached hydrogens (primary N) is 1. The van der Waals surface area contributed by atoms with E-state index in [1.807, 2.05) is 6.07 Å². The van der Waals surface area contributed by atoms with E-state index in [4.69, 9.17) is 20.1 Å². The zero-order chi connectivity index (χ0) is 20.8. The standard InChI is InChI=1S/C16H18N6O5S/c1-4-26-14(25)12-11(8(2)23)9(3)27-13(12)19-10(24)7-22-15(18)20-21-16(22)28-6-5-17/h4,6-7H2,1-3H3,(H2,18,20)(H,19,24). The summed E-state index contributed by atoms with van der Waals surface area (Å²) in [5.74, 6) is -1.70. The fourth-order valence-corrected chi connectivity index (χ4v) is 3.02. The predicted molar refractivity (Wildman–Crippen MR) is 98.8 cm³/mol. The summed E-state index contributed by atoms with van der Waals surface area (Å²) in [5, 5.41) is 18.9. The van der Waals surface area contributed by atoms with Gasteiger partial charge in [-0.1, -0.05) is 11.8 Å². The maximum absolute atomic E-state index is 12.5. The molecule has 0 aliphatic heterocycles. The van der Waals surface area contributed by atoms with Crippen molar-refractivity contribution in [2.75, 3.05) is 23.4 Å². The van der Waals surface area contributed by atoms with Crippen molar-refractivity contribution in [1.29, 1.82) is 5.26 Å². The van der Waals surface area contributed by atoms with Crippen LogP contribution >= 0.6 is 11.8 Å².